The van der Waals surface area contributed by atoms with E-state index in [4.69, 9.17) is 34.9 Å². The highest BCUT2D eigenvalue weighted by atomic mass is 32.2. The van der Waals surface area contributed by atoms with Crippen LogP contribution in [0.25, 0.3) is 22.4 Å². The Morgan fingerprint density at radius 2 is 1.65 bits per heavy atom. The number of H-pyrrole nitrogens is 1. The average Bonchev–Trinajstić information content (AvgIpc) is 3.56. The summed E-state index contributed by atoms with van der Waals surface area (Å²) < 4.78 is 40.7. The molecule has 65 heavy (non-hydrogen) atoms. The van der Waals surface area contributed by atoms with Crippen LogP contribution in [0.1, 0.15) is 70.1 Å². The first-order valence-electron chi connectivity index (χ1n) is 21.4. The zero-order valence-electron chi connectivity index (χ0n) is 38.1. The fourth-order valence-corrected chi connectivity index (χ4v) is 9.44. The van der Waals surface area contributed by atoms with Gasteiger partial charge in [0.25, 0.3) is 5.56 Å². The molecule has 0 radical (unpaired) electrons. The summed E-state index contributed by atoms with van der Waals surface area (Å²) in [4.78, 5) is 55.3. The molecular formula is C44H63N7O13S. The van der Waals surface area contributed by atoms with Crippen molar-refractivity contribution in [3.63, 3.8) is 0 Å². The number of sulfonamides is 1. The van der Waals surface area contributed by atoms with Crippen molar-refractivity contribution in [1.29, 1.82) is 0 Å². The lowest BCUT2D eigenvalue weighted by Crippen LogP contribution is -2.47. The van der Waals surface area contributed by atoms with Crippen molar-refractivity contribution < 1.29 is 57.8 Å². The van der Waals surface area contributed by atoms with E-state index in [9.17, 15) is 32.7 Å². The van der Waals surface area contributed by atoms with Crippen LogP contribution in [0.15, 0.2) is 52.2 Å². The predicted octanol–water partition coefficient (Wildman–Crippen LogP) is 3.00. The van der Waals surface area contributed by atoms with Crippen molar-refractivity contribution in [3.05, 3.63) is 64.1 Å². The summed E-state index contributed by atoms with van der Waals surface area (Å²) in [6.45, 7) is 7.40. The molecule has 0 amide bonds. The maximum atomic E-state index is 13.3. The van der Waals surface area contributed by atoms with Crippen molar-refractivity contribution in [3.8, 4) is 22.9 Å². The van der Waals surface area contributed by atoms with Crippen molar-refractivity contribution in [1.82, 2.24) is 33.9 Å². The third-order valence-corrected chi connectivity index (χ3v) is 13.2. The third-order valence-electron chi connectivity index (χ3n) is 11.3. The number of likely N-dealkylation sites (N-methyl/N-ethyl adjacent to an activating group) is 1. The summed E-state index contributed by atoms with van der Waals surface area (Å²) in [6.07, 6.45) is 3.50. The number of hydrogen-bond acceptors (Lipinski definition) is 14. The fourth-order valence-electron chi connectivity index (χ4n) is 7.99. The number of nitrogens with one attached hydrogen (secondary N) is 1. The molecule has 2 aromatic heterocycles. The summed E-state index contributed by atoms with van der Waals surface area (Å²) in [6, 6.07) is 12.6. The molecule has 3 heterocycles. The molecule has 2 aliphatic rings. The molecule has 0 bridgehead atoms. The second-order valence-electron chi connectivity index (χ2n) is 16.6. The minimum Gasteiger partial charge on any atom is -0.497 e. The Hall–Kier alpha value is -5.45. The van der Waals surface area contributed by atoms with Gasteiger partial charge >= 0.3 is 17.9 Å². The second kappa shape index (κ2) is 22.6. The first kappa shape index (κ1) is 52.2. The number of fused-ring (bicyclic) bond motifs is 1. The van der Waals surface area contributed by atoms with E-state index < -0.39 is 52.0 Å². The Balaban J connectivity index is 0.000000244. The highest BCUT2D eigenvalue weighted by Gasteiger charge is 2.42. The number of aromatic amines is 1. The van der Waals surface area contributed by atoms with Crippen LogP contribution in [0.4, 0.5) is 0 Å². The van der Waals surface area contributed by atoms with Gasteiger partial charge in [-0.25, -0.2) is 18.2 Å². The lowest BCUT2D eigenvalue weighted by molar-refractivity contribution is -0.170. The third kappa shape index (κ3) is 13.1. The zero-order chi connectivity index (χ0) is 48.3. The minimum atomic E-state index is -3.70. The van der Waals surface area contributed by atoms with Gasteiger partial charge < -0.3 is 49.8 Å². The summed E-state index contributed by atoms with van der Waals surface area (Å²) >= 11 is 0. The molecule has 1 aliphatic heterocycles. The number of hydrogen-bond donors (Lipinski definition) is 6. The van der Waals surface area contributed by atoms with Crippen LogP contribution in [-0.2, 0) is 43.5 Å². The molecule has 2 atom stereocenters. The number of carbonyl (C=O) groups is 3. The van der Waals surface area contributed by atoms with Crippen LogP contribution in [0.5, 0.6) is 11.5 Å². The molecule has 0 unspecified atom stereocenters. The Morgan fingerprint density at radius 1 is 0.985 bits per heavy atom. The zero-order valence-corrected chi connectivity index (χ0v) is 38.9. The monoisotopic (exact) mass is 929 g/mol. The van der Waals surface area contributed by atoms with E-state index >= 15 is 0 Å². The van der Waals surface area contributed by atoms with Gasteiger partial charge in [-0.1, -0.05) is 38.3 Å². The molecule has 2 aromatic carbocycles. The van der Waals surface area contributed by atoms with E-state index in [2.05, 4.69) is 34.0 Å². The van der Waals surface area contributed by atoms with Crippen LogP contribution < -0.4 is 15.0 Å². The number of benzene rings is 2. The number of aliphatic hydroxyl groups is 2. The molecule has 20 nitrogen and oxygen atoms in total. The Labute approximate surface area is 378 Å². The summed E-state index contributed by atoms with van der Waals surface area (Å²) in [5.41, 5.74) is -0.706. The van der Waals surface area contributed by atoms with Crippen molar-refractivity contribution in [2.45, 2.75) is 81.3 Å². The number of rotatable bonds is 16. The lowest BCUT2D eigenvalue weighted by atomic mass is 9.71. The largest absolute Gasteiger partial charge is 0.497 e. The molecule has 6 rings (SSSR count). The predicted molar refractivity (Wildman–Crippen MR) is 240 cm³/mol. The highest BCUT2D eigenvalue weighted by Crippen LogP contribution is 2.43. The molecule has 6 N–H and O–H groups in total. The Kier molecular flexibility index (Phi) is 18.2. The first-order valence-corrected chi connectivity index (χ1v) is 22.9. The van der Waals surface area contributed by atoms with E-state index in [0.29, 0.717) is 67.5 Å². The van der Waals surface area contributed by atoms with Gasteiger partial charge in [0.1, 0.15) is 22.8 Å². The van der Waals surface area contributed by atoms with Gasteiger partial charge in [-0.05, 0) is 83.2 Å². The lowest BCUT2D eigenvalue weighted by Gasteiger charge is -2.41. The summed E-state index contributed by atoms with van der Waals surface area (Å²) in [5.74, 6) is -3.19. The van der Waals surface area contributed by atoms with Crippen LogP contribution in [0.2, 0.25) is 0 Å². The molecule has 2 fully saturated rings. The van der Waals surface area contributed by atoms with Crippen molar-refractivity contribution in [2.24, 2.45) is 13.0 Å². The molecule has 1 saturated heterocycles. The van der Waals surface area contributed by atoms with Crippen LogP contribution in [-0.4, -0.2) is 159 Å². The number of aliphatic carboxylic acids is 3. The number of nitrogens with zero attached hydrogens (tertiary/aromatic N) is 6. The average molecular weight is 930 g/mol. The molecule has 4 aromatic rings. The quantitative estimate of drug-likeness (QED) is 0.0942. The fraction of sp³-hybridized carbons (Fsp3) is 0.545. The number of ether oxygens (including phenoxy) is 2. The molecule has 21 heteroatoms. The van der Waals surface area contributed by atoms with Gasteiger partial charge in [-0.2, -0.15) is 9.40 Å². The number of aryl methyl sites for hydroxylation is 2. The molecule has 1 saturated carbocycles. The van der Waals surface area contributed by atoms with Gasteiger partial charge in [0.15, 0.2) is 11.1 Å². The van der Waals surface area contributed by atoms with Gasteiger partial charge in [-0.3, -0.25) is 19.1 Å². The number of carboxylic acids is 3. The number of carboxylic acid groups (broad SMARTS) is 3. The number of methoxy groups -OCH3 is 1. The molecule has 1 aliphatic carbocycles. The first-order chi connectivity index (χ1) is 30.6. The van der Waals surface area contributed by atoms with Crippen molar-refractivity contribution in [2.75, 3.05) is 67.6 Å². The van der Waals surface area contributed by atoms with E-state index in [-0.39, 0.29) is 16.3 Å². The Morgan fingerprint density at radius 3 is 2.22 bits per heavy atom. The SMILES string of the molecule is CCCc1nn(C)c2c(=O)[nH]c(-c3cc(S(=O)(=O)N4CCN(C)CC4)ccc3OCC)nc12.COc1cccc([C@@]2(O)CCCC[C@@H]2CN(C)C)c1.O=C(O)CC(O)(CC(=O)O)C(=O)O. The normalized spacial score (nSPS) is 18.3. The summed E-state index contributed by atoms with van der Waals surface area (Å²) in [5, 5.41) is 49.5. The number of aromatic nitrogens is 4. The standard InChI is InChI=1S/C22H30N6O4S.C16H25NO2.C6H8O7/c1-5-7-17-19-20(27(4)25-17)22(29)24-21(23-19)16-14-15(8-9-18(16)32-6-2)33(30,31)28-12-10-26(3)11-13-28;1-17(2)12-14-7-4-5-10-16(14,18)13-8-6-9-15(11-13)19-3;7-3(8)1-6(13,5(11)12)2-4(9)10/h8-9,14H,5-7,10-13H2,1-4H3,(H,23,24,29);6,8-9,11,14,18H,4-5,7,10,12H2,1-3H3;13H,1-2H2,(H,7,8)(H,9,10)(H,11,12)/t;14-,16+;/m.1./s1. The van der Waals surface area contributed by atoms with E-state index in [1.54, 1.807) is 32.4 Å². The van der Waals surface area contributed by atoms with E-state index in [1.807, 2.05) is 45.2 Å². The van der Waals surface area contributed by atoms with Gasteiger partial charge in [-0.15, -0.1) is 0 Å². The van der Waals surface area contributed by atoms with Crippen LogP contribution in [0, 0.1) is 5.92 Å². The van der Waals surface area contributed by atoms with Crippen molar-refractivity contribution >= 4 is 39.0 Å². The van der Waals surface area contributed by atoms with Crippen LogP contribution in [0.3, 0.4) is 0 Å². The molecule has 358 valence electrons. The molecular weight excluding hydrogens is 867 g/mol. The van der Waals surface area contributed by atoms with Crippen LogP contribution >= 0.6 is 0 Å². The Bertz CT molecular complexity index is 2430. The van der Waals surface area contributed by atoms with E-state index in [1.165, 1.54) is 15.4 Å². The van der Waals surface area contributed by atoms with Gasteiger partial charge in [0.05, 0.1) is 48.3 Å². The summed E-state index contributed by atoms with van der Waals surface area (Å²) in [7, 11) is 5.80. The van der Waals surface area contributed by atoms with Gasteiger partial charge in [0, 0.05) is 45.7 Å². The van der Waals surface area contributed by atoms with E-state index in [0.717, 1.165) is 49.2 Å². The topological polar surface area (TPSA) is 278 Å². The highest BCUT2D eigenvalue weighted by molar-refractivity contribution is 7.89. The maximum Gasteiger partial charge on any atom is 0.336 e. The smallest absolute Gasteiger partial charge is 0.336 e. The second-order valence-corrected chi connectivity index (χ2v) is 18.5. The minimum absolute atomic E-state index is 0.147. The van der Waals surface area contributed by atoms with Gasteiger partial charge in [0.2, 0.25) is 10.0 Å². The maximum absolute atomic E-state index is 13.3. The molecule has 0 spiro atoms. The number of piperazine rings is 1.